The van der Waals surface area contributed by atoms with Crippen LogP contribution in [0.15, 0.2) is 47.2 Å². The fraction of sp³-hybridized carbons (Fsp3) is 0. The third kappa shape index (κ3) is 1.13. The Balaban J connectivity index is 2.43. The van der Waals surface area contributed by atoms with Crippen LogP contribution >= 0.6 is 22.9 Å². The zero-order chi connectivity index (χ0) is 11.4. The largest absolute Gasteiger partial charge is 0.441 e. The third-order valence-corrected chi connectivity index (χ3v) is 4.08. The van der Waals surface area contributed by atoms with Gasteiger partial charge >= 0.3 is 0 Å². The number of halogens is 1. The second-order valence-corrected chi connectivity index (χ2v) is 4.93. The molecular weight excluding hydrogens is 327 g/mol. The molecule has 4 heteroatoms. The summed E-state index contributed by atoms with van der Waals surface area (Å²) < 4.78 is 7.64. The quantitative estimate of drug-likeness (QED) is 0.453. The van der Waals surface area contributed by atoms with Gasteiger partial charge in [0.2, 0.25) is 0 Å². The highest BCUT2D eigenvalue weighted by atomic mass is 127. The molecule has 2 heterocycles. The molecule has 0 atom stereocenters. The third-order valence-electron chi connectivity index (χ3n) is 3.08. The molecule has 4 rings (SSSR count). The van der Waals surface area contributed by atoms with Crippen LogP contribution in [0.25, 0.3) is 32.9 Å². The summed E-state index contributed by atoms with van der Waals surface area (Å²) in [4.78, 5) is 4.20. The van der Waals surface area contributed by atoms with Crippen LogP contribution in [0, 0.1) is 0 Å². The van der Waals surface area contributed by atoms with Crippen LogP contribution < -0.4 is 0 Å². The number of fused-ring (bicyclic) bond motifs is 5. The molecule has 0 amide bonds. The summed E-state index contributed by atoms with van der Waals surface area (Å²) in [5.41, 5.74) is 4.06. The number of benzene rings is 2. The van der Waals surface area contributed by atoms with E-state index in [9.17, 15) is 0 Å². The minimum atomic E-state index is 0.855. The van der Waals surface area contributed by atoms with Gasteiger partial charge in [-0.25, -0.2) is 4.98 Å². The fourth-order valence-electron chi connectivity index (χ4n) is 2.32. The highest BCUT2D eigenvalue weighted by Gasteiger charge is 2.13. The lowest BCUT2D eigenvalue weighted by Gasteiger charge is -1.94. The van der Waals surface area contributed by atoms with Gasteiger partial charge in [-0.05, 0) is 18.2 Å². The van der Waals surface area contributed by atoms with Gasteiger partial charge in [-0.15, -0.1) is 0 Å². The zero-order valence-corrected chi connectivity index (χ0v) is 10.9. The van der Waals surface area contributed by atoms with Crippen LogP contribution in [-0.4, -0.2) is 7.76 Å². The molecule has 0 saturated carbocycles. The van der Waals surface area contributed by atoms with Crippen molar-refractivity contribution < 1.29 is 4.42 Å². The number of para-hydroxylation sites is 1. The van der Waals surface area contributed by atoms with E-state index < -0.39 is 0 Å². The smallest absolute Gasteiger partial charge is 0.182 e. The molecular formula is C13H7IN2O. The van der Waals surface area contributed by atoms with Gasteiger partial charge in [0.1, 0.15) is 11.0 Å². The Kier molecular flexibility index (Phi) is 1.80. The van der Waals surface area contributed by atoms with Gasteiger partial charge in [-0.2, -0.15) is 0 Å². The normalized spacial score (nSPS) is 11.8. The van der Waals surface area contributed by atoms with Gasteiger partial charge in [-0.3, -0.25) is 2.78 Å². The number of oxazole rings is 1. The van der Waals surface area contributed by atoms with E-state index in [0.29, 0.717) is 0 Å². The Morgan fingerprint density at radius 2 is 1.94 bits per heavy atom. The van der Waals surface area contributed by atoms with Crippen molar-refractivity contribution in [3.63, 3.8) is 0 Å². The lowest BCUT2D eigenvalue weighted by Crippen LogP contribution is -1.78. The molecule has 0 radical (unpaired) electrons. The van der Waals surface area contributed by atoms with Gasteiger partial charge in [0.25, 0.3) is 0 Å². The molecule has 0 aliphatic heterocycles. The first-order valence-corrected chi connectivity index (χ1v) is 6.24. The first kappa shape index (κ1) is 9.47. The van der Waals surface area contributed by atoms with Gasteiger partial charge in [0.05, 0.1) is 28.4 Å². The van der Waals surface area contributed by atoms with Gasteiger partial charge in [0, 0.05) is 10.8 Å². The van der Waals surface area contributed by atoms with Crippen LogP contribution in [0.3, 0.4) is 0 Å². The van der Waals surface area contributed by atoms with E-state index in [1.165, 1.54) is 22.7 Å². The lowest BCUT2D eigenvalue weighted by molar-refractivity contribution is 0.604. The molecule has 0 spiro atoms. The Bertz CT molecular complexity index is 860. The predicted octanol–water partition coefficient (Wildman–Crippen LogP) is 4.13. The molecule has 4 aromatic rings. The molecule has 0 aliphatic rings. The molecule has 0 N–H and O–H groups in total. The molecule has 0 fully saturated rings. The number of aromatic nitrogens is 2. The molecule has 3 nitrogen and oxygen atoms in total. The van der Waals surface area contributed by atoms with E-state index in [1.54, 1.807) is 0 Å². The SMILES string of the molecule is In1c2ccccc2c2ccc3ncoc3c21. The highest BCUT2D eigenvalue weighted by molar-refractivity contribution is 14.1. The lowest BCUT2D eigenvalue weighted by atomic mass is 10.1. The van der Waals surface area contributed by atoms with Crippen molar-refractivity contribution in [2.24, 2.45) is 0 Å². The summed E-state index contributed by atoms with van der Waals surface area (Å²) in [6.07, 6.45) is 1.50. The maximum Gasteiger partial charge on any atom is 0.182 e. The van der Waals surface area contributed by atoms with Gasteiger partial charge in [0.15, 0.2) is 12.0 Å². The van der Waals surface area contributed by atoms with Crippen LogP contribution in [0.5, 0.6) is 0 Å². The van der Waals surface area contributed by atoms with Crippen molar-refractivity contribution in [1.29, 1.82) is 0 Å². The van der Waals surface area contributed by atoms with Crippen LogP contribution in [0.2, 0.25) is 0 Å². The predicted molar refractivity (Wildman–Crippen MR) is 76.4 cm³/mol. The summed E-state index contributed by atoms with van der Waals surface area (Å²) in [5.74, 6) is 0. The van der Waals surface area contributed by atoms with Crippen molar-refractivity contribution >= 4 is 55.8 Å². The van der Waals surface area contributed by atoms with Crippen molar-refractivity contribution in [3.8, 4) is 0 Å². The average molecular weight is 334 g/mol. The first-order valence-electron chi connectivity index (χ1n) is 5.28. The van der Waals surface area contributed by atoms with Crippen molar-refractivity contribution in [1.82, 2.24) is 7.76 Å². The Morgan fingerprint density at radius 3 is 2.88 bits per heavy atom. The summed E-state index contributed by atoms with van der Waals surface area (Å²) in [7, 11) is 0. The van der Waals surface area contributed by atoms with Crippen LogP contribution in [-0.2, 0) is 0 Å². The van der Waals surface area contributed by atoms with E-state index in [0.717, 1.165) is 16.6 Å². The van der Waals surface area contributed by atoms with Crippen molar-refractivity contribution in [2.45, 2.75) is 0 Å². The molecule has 0 aliphatic carbocycles. The van der Waals surface area contributed by atoms with E-state index in [-0.39, 0.29) is 0 Å². The molecule has 2 aromatic heterocycles. The van der Waals surface area contributed by atoms with Gasteiger partial charge < -0.3 is 4.42 Å². The molecule has 17 heavy (non-hydrogen) atoms. The second-order valence-electron chi connectivity index (χ2n) is 3.96. The number of hydrogen-bond donors (Lipinski definition) is 0. The maximum atomic E-state index is 5.50. The maximum absolute atomic E-state index is 5.50. The Morgan fingerprint density at radius 1 is 1.06 bits per heavy atom. The number of rotatable bonds is 0. The fourth-order valence-corrected chi connectivity index (χ4v) is 3.22. The summed E-state index contributed by atoms with van der Waals surface area (Å²) >= 11 is 2.31. The van der Waals surface area contributed by atoms with Crippen LogP contribution in [0.4, 0.5) is 0 Å². The van der Waals surface area contributed by atoms with E-state index in [4.69, 9.17) is 4.42 Å². The first-order chi connectivity index (χ1) is 8.36. The summed E-state index contributed by atoms with van der Waals surface area (Å²) in [6.45, 7) is 0. The van der Waals surface area contributed by atoms with E-state index in [2.05, 4.69) is 54.9 Å². The molecule has 0 unspecified atom stereocenters. The average Bonchev–Trinajstić information content (AvgIpc) is 2.93. The summed E-state index contributed by atoms with van der Waals surface area (Å²) in [6, 6.07) is 12.5. The molecule has 0 saturated heterocycles. The molecule has 82 valence electrons. The van der Waals surface area contributed by atoms with Crippen molar-refractivity contribution in [3.05, 3.63) is 42.8 Å². The zero-order valence-electron chi connectivity index (χ0n) is 8.72. The highest BCUT2D eigenvalue weighted by Crippen LogP contribution is 2.34. The number of hydrogen-bond acceptors (Lipinski definition) is 2. The van der Waals surface area contributed by atoms with E-state index >= 15 is 0 Å². The van der Waals surface area contributed by atoms with E-state index in [1.807, 2.05) is 12.1 Å². The minimum absolute atomic E-state index is 0.855. The second kappa shape index (κ2) is 3.22. The topological polar surface area (TPSA) is 31.0 Å². The minimum Gasteiger partial charge on any atom is -0.441 e. The van der Waals surface area contributed by atoms with Crippen molar-refractivity contribution in [2.75, 3.05) is 0 Å². The van der Waals surface area contributed by atoms with Crippen LogP contribution in [0.1, 0.15) is 0 Å². The molecule has 2 aromatic carbocycles. The summed E-state index contributed by atoms with van der Waals surface area (Å²) in [5, 5.41) is 2.45. The molecule has 0 bridgehead atoms. The standard InChI is InChI=1S/C13H7IN2O/c14-16-11-4-2-1-3-8(11)9-5-6-10-13(12(9)16)17-7-15-10/h1-7H. The Hall–Kier alpha value is -1.56. The monoisotopic (exact) mass is 334 g/mol. The Labute approximate surface area is 111 Å². The number of nitrogens with zero attached hydrogens (tertiary/aromatic N) is 2. The van der Waals surface area contributed by atoms with Gasteiger partial charge in [-0.1, -0.05) is 18.2 Å².